The molecule has 0 amide bonds. The number of hydrogen-bond acceptors (Lipinski definition) is 3. The predicted molar refractivity (Wildman–Crippen MR) is 62.7 cm³/mol. The van der Waals surface area contributed by atoms with Gasteiger partial charge in [-0.05, 0) is 19.0 Å². The Balaban J connectivity index is 2.01. The van der Waals surface area contributed by atoms with Crippen molar-refractivity contribution in [2.24, 2.45) is 5.92 Å². The van der Waals surface area contributed by atoms with Crippen LogP contribution >= 0.6 is 0 Å². The van der Waals surface area contributed by atoms with E-state index in [1.807, 2.05) is 6.07 Å². The summed E-state index contributed by atoms with van der Waals surface area (Å²) in [5.41, 5.74) is 1.21. The molecule has 15 heavy (non-hydrogen) atoms. The van der Waals surface area contributed by atoms with E-state index in [2.05, 4.69) is 31.1 Å². The van der Waals surface area contributed by atoms with Crippen LogP contribution in [0.4, 0.5) is 0 Å². The Morgan fingerprint density at radius 1 is 1.47 bits per heavy atom. The Morgan fingerprint density at radius 3 is 2.87 bits per heavy atom. The first-order valence-corrected chi connectivity index (χ1v) is 5.59. The smallest absolute Gasteiger partial charge is 0.0947 e. The van der Waals surface area contributed by atoms with Gasteiger partial charge in [-0.25, -0.2) is 0 Å². The molecule has 1 heterocycles. The van der Waals surface area contributed by atoms with Crippen molar-refractivity contribution in [2.45, 2.75) is 20.4 Å². The summed E-state index contributed by atoms with van der Waals surface area (Å²) >= 11 is 0. The second-order valence-electron chi connectivity index (χ2n) is 4.46. The van der Waals surface area contributed by atoms with Crippen LogP contribution in [0.5, 0.6) is 0 Å². The highest BCUT2D eigenvalue weighted by Crippen LogP contribution is 1.98. The molecular weight excluding hydrogens is 188 g/mol. The van der Waals surface area contributed by atoms with Gasteiger partial charge in [-0.15, -0.1) is 0 Å². The molecule has 0 aliphatic heterocycles. The summed E-state index contributed by atoms with van der Waals surface area (Å²) in [6.45, 7) is 8.66. The van der Waals surface area contributed by atoms with Crippen molar-refractivity contribution in [1.29, 1.82) is 0 Å². The van der Waals surface area contributed by atoms with Crippen LogP contribution in [0.2, 0.25) is 0 Å². The van der Waals surface area contributed by atoms with Crippen molar-refractivity contribution in [1.82, 2.24) is 10.2 Å². The third-order valence-corrected chi connectivity index (χ3v) is 2.26. The summed E-state index contributed by atoms with van der Waals surface area (Å²) < 4.78 is 4.99. The van der Waals surface area contributed by atoms with Crippen LogP contribution in [0.1, 0.15) is 19.4 Å². The third kappa shape index (κ3) is 5.60. The van der Waals surface area contributed by atoms with E-state index in [0.29, 0.717) is 0 Å². The maximum absolute atomic E-state index is 4.99. The van der Waals surface area contributed by atoms with Crippen LogP contribution in [0.3, 0.4) is 0 Å². The second-order valence-corrected chi connectivity index (χ2v) is 4.46. The van der Waals surface area contributed by atoms with E-state index in [9.17, 15) is 0 Å². The van der Waals surface area contributed by atoms with E-state index in [0.717, 1.165) is 32.1 Å². The fraction of sp³-hybridized carbons (Fsp3) is 0.667. The van der Waals surface area contributed by atoms with Crippen molar-refractivity contribution in [3.05, 3.63) is 24.2 Å². The lowest BCUT2D eigenvalue weighted by Crippen LogP contribution is -2.31. The van der Waals surface area contributed by atoms with Gasteiger partial charge in [0, 0.05) is 31.7 Å². The fourth-order valence-electron chi connectivity index (χ4n) is 1.61. The topological polar surface area (TPSA) is 28.4 Å². The Morgan fingerprint density at radius 2 is 2.27 bits per heavy atom. The third-order valence-electron chi connectivity index (χ3n) is 2.26. The van der Waals surface area contributed by atoms with Crippen molar-refractivity contribution in [3.8, 4) is 0 Å². The normalized spacial score (nSPS) is 11.5. The fourth-order valence-corrected chi connectivity index (χ4v) is 1.61. The monoisotopic (exact) mass is 210 g/mol. The molecule has 0 spiro atoms. The predicted octanol–water partition coefficient (Wildman–Crippen LogP) is 1.96. The van der Waals surface area contributed by atoms with Crippen LogP contribution < -0.4 is 5.32 Å². The minimum Gasteiger partial charge on any atom is -0.472 e. The zero-order valence-electron chi connectivity index (χ0n) is 9.99. The van der Waals surface area contributed by atoms with E-state index >= 15 is 0 Å². The largest absolute Gasteiger partial charge is 0.472 e. The van der Waals surface area contributed by atoms with Crippen molar-refractivity contribution in [3.63, 3.8) is 0 Å². The molecule has 1 rings (SSSR count). The summed E-state index contributed by atoms with van der Waals surface area (Å²) in [6.07, 6.45) is 3.49. The maximum atomic E-state index is 4.99. The van der Waals surface area contributed by atoms with E-state index < -0.39 is 0 Å². The van der Waals surface area contributed by atoms with Gasteiger partial charge in [0.15, 0.2) is 0 Å². The second kappa shape index (κ2) is 6.64. The highest BCUT2D eigenvalue weighted by atomic mass is 16.3. The lowest BCUT2D eigenvalue weighted by molar-refractivity contribution is 0.294. The van der Waals surface area contributed by atoms with Crippen molar-refractivity contribution >= 4 is 0 Å². The number of furan rings is 1. The molecule has 3 nitrogen and oxygen atoms in total. The zero-order valence-corrected chi connectivity index (χ0v) is 9.99. The summed E-state index contributed by atoms with van der Waals surface area (Å²) in [5.74, 6) is 0.740. The van der Waals surface area contributed by atoms with Gasteiger partial charge in [0.25, 0.3) is 0 Å². The highest BCUT2D eigenvalue weighted by molar-refractivity contribution is 5.04. The van der Waals surface area contributed by atoms with Gasteiger partial charge in [-0.2, -0.15) is 0 Å². The Labute approximate surface area is 92.5 Å². The first kappa shape index (κ1) is 12.3. The van der Waals surface area contributed by atoms with Gasteiger partial charge < -0.3 is 14.6 Å². The molecule has 0 aliphatic carbocycles. The molecule has 0 saturated carbocycles. The van der Waals surface area contributed by atoms with E-state index in [1.54, 1.807) is 12.5 Å². The van der Waals surface area contributed by atoms with Gasteiger partial charge in [-0.1, -0.05) is 13.8 Å². The average Bonchev–Trinajstić information content (AvgIpc) is 2.63. The SMILES string of the molecule is CC(C)CN(C)CCNCc1ccoc1. The molecule has 0 atom stereocenters. The summed E-state index contributed by atoms with van der Waals surface area (Å²) in [5, 5.41) is 3.39. The van der Waals surface area contributed by atoms with Crippen molar-refractivity contribution < 1.29 is 4.42 Å². The summed E-state index contributed by atoms with van der Waals surface area (Å²) in [7, 11) is 2.17. The molecule has 0 unspecified atom stereocenters. The Bertz CT molecular complexity index is 244. The molecule has 0 aliphatic rings. The number of rotatable bonds is 7. The van der Waals surface area contributed by atoms with Gasteiger partial charge in [0.2, 0.25) is 0 Å². The molecule has 0 saturated heterocycles. The lowest BCUT2D eigenvalue weighted by Gasteiger charge is -2.18. The molecule has 3 heteroatoms. The lowest BCUT2D eigenvalue weighted by atomic mass is 10.2. The van der Waals surface area contributed by atoms with E-state index in [1.165, 1.54) is 5.56 Å². The molecule has 86 valence electrons. The molecule has 0 aromatic carbocycles. The first-order valence-electron chi connectivity index (χ1n) is 5.59. The Hall–Kier alpha value is -0.800. The number of nitrogens with zero attached hydrogens (tertiary/aromatic N) is 1. The van der Waals surface area contributed by atoms with E-state index in [4.69, 9.17) is 4.42 Å². The molecule has 1 aromatic heterocycles. The molecule has 1 N–H and O–H groups in total. The molecular formula is C12H22N2O. The minimum atomic E-state index is 0.740. The van der Waals surface area contributed by atoms with Crippen LogP contribution in [-0.2, 0) is 6.54 Å². The summed E-state index contributed by atoms with van der Waals surface area (Å²) in [4.78, 5) is 2.35. The highest BCUT2D eigenvalue weighted by Gasteiger charge is 2.00. The van der Waals surface area contributed by atoms with Gasteiger partial charge in [0.05, 0.1) is 12.5 Å². The first-order chi connectivity index (χ1) is 7.18. The maximum Gasteiger partial charge on any atom is 0.0947 e. The Kier molecular flexibility index (Phi) is 5.43. The van der Waals surface area contributed by atoms with Crippen LogP contribution in [0.25, 0.3) is 0 Å². The molecule has 0 radical (unpaired) electrons. The van der Waals surface area contributed by atoms with Crippen molar-refractivity contribution in [2.75, 3.05) is 26.7 Å². The molecule has 1 aromatic rings. The summed E-state index contributed by atoms with van der Waals surface area (Å²) in [6, 6.07) is 1.99. The van der Waals surface area contributed by atoms with Crippen LogP contribution in [-0.4, -0.2) is 31.6 Å². The van der Waals surface area contributed by atoms with Crippen LogP contribution in [0.15, 0.2) is 23.0 Å². The average molecular weight is 210 g/mol. The standard InChI is InChI=1S/C12H22N2O/c1-11(2)9-14(3)6-5-13-8-12-4-7-15-10-12/h4,7,10-11,13H,5-6,8-9H2,1-3H3. The molecule has 0 bridgehead atoms. The number of hydrogen-bond donors (Lipinski definition) is 1. The van der Waals surface area contributed by atoms with Gasteiger partial charge in [0.1, 0.15) is 0 Å². The quantitative estimate of drug-likeness (QED) is 0.697. The number of nitrogens with one attached hydrogen (secondary N) is 1. The van der Waals surface area contributed by atoms with Crippen LogP contribution in [0, 0.1) is 5.92 Å². The number of likely N-dealkylation sites (N-methyl/N-ethyl adjacent to an activating group) is 1. The zero-order chi connectivity index (χ0) is 11.1. The molecule has 0 fully saturated rings. The van der Waals surface area contributed by atoms with Gasteiger partial charge >= 0.3 is 0 Å². The van der Waals surface area contributed by atoms with E-state index in [-0.39, 0.29) is 0 Å². The minimum absolute atomic E-state index is 0.740. The van der Waals surface area contributed by atoms with Gasteiger partial charge in [-0.3, -0.25) is 0 Å².